The molecule has 1 fully saturated rings. The van der Waals surface area contributed by atoms with Gasteiger partial charge < -0.3 is 24.4 Å². The van der Waals surface area contributed by atoms with E-state index in [-0.39, 0.29) is 11.8 Å². The zero-order chi connectivity index (χ0) is 23.6. The lowest BCUT2D eigenvalue weighted by Crippen LogP contribution is -2.41. The van der Waals surface area contributed by atoms with E-state index in [4.69, 9.17) is 14.2 Å². The number of nitrogens with zero attached hydrogens (tertiary/aromatic N) is 1. The fourth-order valence-electron chi connectivity index (χ4n) is 3.99. The Bertz CT molecular complexity index is 938. The third kappa shape index (κ3) is 6.88. The minimum absolute atomic E-state index is 0.136. The van der Waals surface area contributed by atoms with E-state index in [9.17, 15) is 9.59 Å². The number of nitrogens with one attached hydrogen (secondary N) is 1. The van der Waals surface area contributed by atoms with E-state index in [2.05, 4.69) is 5.32 Å². The Labute approximate surface area is 196 Å². The summed E-state index contributed by atoms with van der Waals surface area (Å²) in [6, 6.07) is 13.0. The van der Waals surface area contributed by atoms with Crippen LogP contribution in [0, 0.1) is 12.8 Å². The molecule has 1 aliphatic heterocycles. The molecule has 7 nitrogen and oxygen atoms in total. The highest BCUT2D eigenvalue weighted by atomic mass is 16.5. The standard InChI is InChI=1S/C26H34N2O5/c1-19-7-4-5-8-22(19)33-16-6-9-25(29)28-14-12-20(13-15-28)18-27-26(30)21-10-11-23(31-2)24(17-21)32-3/h4-5,7-8,10-11,17,20H,6,9,12-16,18H2,1-3H3,(H,27,30). The van der Waals surface area contributed by atoms with Gasteiger partial charge in [-0.1, -0.05) is 18.2 Å². The summed E-state index contributed by atoms with van der Waals surface area (Å²) in [7, 11) is 3.11. The second-order valence-corrected chi connectivity index (χ2v) is 8.32. The summed E-state index contributed by atoms with van der Waals surface area (Å²) >= 11 is 0. The SMILES string of the molecule is COc1ccc(C(=O)NCC2CCN(C(=O)CCCOc3ccccc3C)CC2)cc1OC. The van der Waals surface area contributed by atoms with Crippen LogP contribution in [-0.2, 0) is 4.79 Å². The molecule has 1 saturated heterocycles. The minimum Gasteiger partial charge on any atom is -0.493 e. The maximum absolute atomic E-state index is 12.5. The molecule has 1 N–H and O–H groups in total. The smallest absolute Gasteiger partial charge is 0.251 e. The third-order valence-corrected chi connectivity index (χ3v) is 6.05. The van der Waals surface area contributed by atoms with Gasteiger partial charge in [-0.25, -0.2) is 0 Å². The molecule has 2 aromatic carbocycles. The van der Waals surface area contributed by atoms with E-state index in [0.29, 0.717) is 49.0 Å². The maximum atomic E-state index is 12.5. The van der Waals surface area contributed by atoms with Gasteiger partial charge in [-0.15, -0.1) is 0 Å². The second kappa shape index (κ2) is 12.1. The van der Waals surface area contributed by atoms with E-state index < -0.39 is 0 Å². The summed E-state index contributed by atoms with van der Waals surface area (Å²) in [5, 5.41) is 3.01. The predicted molar refractivity (Wildman–Crippen MR) is 127 cm³/mol. The van der Waals surface area contributed by atoms with Crippen molar-refractivity contribution in [2.75, 3.05) is 40.5 Å². The molecule has 0 saturated carbocycles. The van der Waals surface area contributed by atoms with Crippen LogP contribution in [0.25, 0.3) is 0 Å². The summed E-state index contributed by atoms with van der Waals surface area (Å²) in [6.45, 7) is 4.61. The molecular weight excluding hydrogens is 420 g/mol. The number of piperidine rings is 1. The van der Waals surface area contributed by atoms with Crippen LogP contribution in [0.2, 0.25) is 0 Å². The van der Waals surface area contributed by atoms with Gasteiger partial charge in [-0.2, -0.15) is 0 Å². The first kappa shape index (κ1) is 24.4. The van der Waals surface area contributed by atoms with Gasteiger partial charge >= 0.3 is 0 Å². The van der Waals surface area contributed by atoms with Crippen LogP contribution in [0.5, 0.6) is 17.2 Å². The number of rotatable bonds is 10. The van der Waals surface area contributed by atoms with Crippen LogP contribution in [0.3, 0.4) is 0 Å². The van der Waals surface area contributed by atoms with Crippen molar-refractivity contribution in [3.8, 4) is 17.2 Å². The van der Waals surface area contributed by atoms with Crippen LogP contribution in [-0.4, -0.2) is 57.2 Å². The summed E-state index contributed by atoms with van der Waals surface area (Å²) in [4.78, 5) is 27.0. The molecule has 2 aromatic rings. The zero-order valence-corrected chi connectivity index (χ0v) is 19.8. The normalized spacial score (nSPS) is 14.0. The number of likely N-dealkylation sites (tertiary alicyclic amines) is 1. The van der Waals surface area contributed by atoms with E-state index in [0.717, 1.165) is 37.2 Å². The van der Waals surface area contributed by atoms with Crippen molar-refractivity contribution in [3.05, 3.63) is 53.6 Å². The first-order chi connectivity index (χ1) is 16.0. The van der Waals surface area contributed by atoms with Crippen molar-refractivity contribution in [1.29, 1.82) is 0 Å². The molecule has 3 rings (SSSR count). The molecule has 0 aliphatic carbocycles. The molecule has 33 heavy (non-hydrogen) atoms. The molecule has 1 aliphatic rings. The van der Waals surface area contributed by atoms with Crippen molar-refractivity contribution < 1.29 is 23.8 Å². The molecule has 0 aromatic heterocycles. The molecule has 0 bridgehead atoms. The van der Waals surface area contributed by atoms with Gasteiger partial charge in [0.25, 0.3) is 5.91 Å². The molecule has 0 spiro atoms. The lowest BCUT2D eigenvalue weighted by molar-refractivity contribution is -0.132. The largest absolute Gasteiger partial charge is 0.493 e. The van der Waals surface area contributed by atoms with Crippen molar-refractivity contribution in [1.82, 2.24) is 10.2 Å². The number of benzene rings is 2. The highest BCUT2D eigenvalue weighted by Gasteiger charge is 2.23. The monoisotopic (exact) mass is 454 g/mol. The molecule has 7 heteroatoms. The number of carbonyl (C=O) groups is 2. The first-order valence-corrected chi connectivity index (χ1v) is 11.5. The Balaban J connectivity index is 1.35. The van der Waals surface area contributed by atoms with Gasteiger partial charge in [-0.05, 0) is 61.9 Å². The topological polar surface area (TPSA) is 77.1 Å². The maximum Gasteiger partial charge on any atom is 0.251 e. The van der Waals surface area contributed by atoms with E-state index >= 15 is 0 Å². The van der Waals surface area contributed by atoms with Gasteiger partial charge in [0.15, 0.2) is 11.5 Å². The number of ether oxygens (including phenoxy) is 3. The van der Waals surface area contributed by atoms with E-state index in [1.54, 1.807) is 32.4 Å². The van der Waals surface area contributed by atoms with Gasteiger partial charge in [-0.3, -0.25) is 9.59 Å². The fourth-order valence-corrected chi connectivity index (χ4v) is 3.99. The number of methoxy groups -OCH3 is 2. The molecule has 1 heterocycles. The highest BCUT2D eigenvalue weighted by Crippen LogP contribution is 2.27. The zero-order valence-electron chi connectivity index (χ0n) is 19.8. The fraction of sp³-hybridized carbons (Fsp3) is 0.462. The van der Waals surface area contributed by atoms with Crippen LogP contribution in [0.1, 0.15) is 41.6 Å². The quantitative estimate of drug-likeness (QED) is 0.552. The van der Waals surface area contributed by atoms with E-state index in [1.165, 1.54) is 0 Å². The van der Waals surface area contributed by atoms with Crippen molar-refractivity contribution in [3.63, 3.8) is 0 Å². The van der Waals surface area contributed by atoms with Crippen molar-refractivity contribution >= 4 is 11.8 Å². The average molecular weight is 455 g/mol. The second-order valence-electron chi connectivity index (χ2n) is 8.32. The Morgan fingerprint density at radius 3 is 2.42 bits per heavy atom. The third-order valence-electron chi connectivity index (χ3n) is 6.05. The van der Waals surface area contributed by atoms with Crippen LogP contribution >= 0.6 is 0 Å². The van der Waals surface area contributed by atoms with Crippen LogP contribution in [0.4, 0.5) is 0 Å². The molecule has 178 valence electrons. The van der Waals surface area contributed by atoms with Gasteiger partial charge in [0, 0.05) is 31.6 Å². The average Bonchev–Trinajstić information content (AvgIpc) is 2.85. The summed E-state index contributed by atoms with van der Waals surface area (Å²) in [6.07, 6.45) is 2.97. The van der Waals surface area contributed by atoms with Crippen LogP contribution < -0.4 is 19.5 Å². The van der Waals surface area contributed by atoms with Gasteiger partial charge in [0.05, 0.1) is 20.8 Å². The molecule has 0 atom stereocenters. The van der Waals surface area contributed by atoms with E-state index in [1.807, 2.05) is 36.1 Å². The Kier molecular flexibility index (Phi) is 8.98. The Morgan fingerprint density at radius 1 is 1.00 bits per heavy atom. The summed E-state index contributed by atoms with van der Waals surface area (Å²) in [5.74, 6) is 2.40. The number of hydrogen-bond donors (Lipinski definition) is 1. The molecule has 0 radical (unpaired) electrons. The summed E-state index contributed by atoms with van der Waals surface area (Å²) in [5.41, 5.74) is 1.64. The minimum atomic E-state index is -0.136. The molecule has 2 amide bonds. The lowest BCUT2D eigenvalue weighted by atomic mass is 9.96. The highest BCUT2D eigenvalue weighted by molar-refractivity contribution is 5.94. The predicted octanol–water partition coefficient (Wildman–Crippen LogP) is 3.84. The first-order valence-electron chi connectivity index (χ1n) is 11.5. The number of carbonyl (C=O) groups excluding carboxylic acids is 2. The number of para-hydroxylation sites is 1. The summed E-state index contributed by atoms with van der Waals surface area (Å²) < 4.78 is 16.3. The van der Waals surface area contributed by atoms with Crippen molar-refractivity contribution in [2.24, 2.45) is 5.92 Å². The van der Waals surface area contributed by atoms with Crippen LogP contribution in [0.15, 0.2) is 42.5 Å². The molecular formula is C26H34N2O5. The Morgan fingerprint density at radius 2 is 1.73 bits per heavy atom. The van der Waals surface area contributed by atoms with Gasteiger partial charge in [0.2, 0.25) is 5.91 Å². The number of hydrogen-bond acceptors (Lipinski definition) is 5. The van der Waals surface area contributed by atoms with Gasteiger partial charge in [0.1, 0.15) is 5.75 Å². The number of aryl methyl sites for hydroxylation is 1. The Hall–Kier alpha value is -3.22. The van der Waals surface area contributed by atoms with Crippen molar-refractivity contribution in [2.45, 2.75) is 32.6 Å². The number of amides is 2. The lowest BCUT2D eigenvalue weighted by Gasteiger charge is -2.32. The molecule has 0 unspecified atom stereocenters.